The van der Waals surface area contributed by atoms with E-state index in [2.05, 4.69) is 36.3 Å². The van der Waals surface area contributed by atoms with Gasteiger partial charge in [0.05, 0.1) is 0 Å². The van der Waals surface area contributed by atoms with Crippen LogP contribution < -0.4 is 5.32 Å². The minimum Gasteiger partial charge on any atom is -0.316 e. The standard InChI is InChI=1S/C12H18N2/c1-9-3-4-12(14-7-9)11-5-6-13-8-10(11)2/h3-4,7,10-11,13H,5-6,8H2,1-2H3. The van der Waals surface area contributed by atoms with Crippen LogP contribution in [0, 0.1) is 12.8 Å². The van der Waals surface area contributed by atoms with E-state index < -0.39 is 0 Å². The smallest absolute Gasteiger partial charge is 0.0438 e. The molecule has 2 nitrogen and oxygen atoms in total. The monoisotopic (exact) mass is 190 g/mol. The van der Waals surface area contributed by atoms with Gasteiger partial charge >= 0.3 is 0 Å². The summed E-state index contributed by atoms with van der Waals surface area (Å²) in [5.41, 5.74) is 2.51. The van der Waals surface area contributed by atoms with Crippen molar-refractivity contribution in [3.63, 3.8) is 0 Å². The fourth-order valence-corrected chi connectivity index (χ4v) is 2.15. The molecular weight excluding hydrogens is 172 g/mol. The number of nitrogens with one attached hydrogen (secondary N) is 1. The van der Waals surface area contributed by atoms with Crippen LogP contribution in [0.25, 0.3) is 0 Å². The van der Waals surface area contributed by atoms with Gasteiger partial charge in [-0.2, -0.15) is 0 Å². The molecule has 0 bridgehead atoms. The Balaban J connectivity index is 2.16. The maximum atomic E-state index is 4.52. The Morgan fingerprint density at radius 1 is 1.43 bits per heavy atom. The molecule has 0 spiro atoms. The third-order valence-electron chi connectivity index (χ3n) is 3.10. The number of hydrogen-bond acceptors (Lipinski definition) is 2. The maximum absolute atomic E-state index is 4.52. The lowest BCUT2D eigenvalue weighted by atomic mass is 9.85. The molecule has 2 atom stereocenters. The molecule has 1 aromatic heterocycles. The van der Waals surface area contributed by atoms with E-state index in [0.29, 0.717) is 11.8 Å². The number of nitrogens with zero attached hydrogens (tertiary/aromatic N) is 1. The number of hydrogen-bond donors (Lipinski definition) is 1. The highest BCUT2D eigenvalue weighted by Gasteiger charge is 2.23. The third-order valence-corrected chi connectivity index (χ3v) is 3.10. The van der Waals surface area contributed by atoms with Gasteiger partial charge in [-0.1, -0.05) is 13.0 Å². The Bertz CT molecular complexity index is 292. The van der Waals surface area contributed by atoms with Crippen molar-refractivity contribution in [1.82, 2.24) is 10.3 Å². The first-order valence-electron chi connectivity index (χ1n) is 5.40. The van der Waals surface area contributed by atoms with Crippen molar-refractivity contribution in [3.05, 3.63) is 29.6 Å². The molecule has 1 fully saturated rings. The number of aryl methyl sites for hydroxylation is 1. The van der Waals surface area contributed by atoms with Crippen LogP contribution in [0.15, 0.2) is 18.3 Å². The van der Waals surface area contributed by atoms with Gasteiger partial charge < -0.3 is 5.32 Å². The lowest BCUT2D eigenvalue weighted by Crippen LogP contribution is -2.34. The first-order valence-corrected chi connectivity index (χ1v) is 5.40. The summed E-state index contributed by atoms with van der Waals surface area (Å²) < 4.78 is 0. The van der Waals surface area contributed by atoms with Crippen LogP contribution in [0.5, 0.6) is 0 Å². The van der Waals surface area contributed by atoms with Crippen molar-refractivity contribution in [2.45, 2.75) is 26.2 Å². The average molecular weight is 190 g/mol. The predicted octanol–water partition coefficient (Wildman–Crippen LogP) is 2.10. The van der Waals surface area contributed by atoms with Gasteiger partial charge in [0.15, 0.2) is 0 Å². The van der Waals surface area contributed by atoms with E-state index in [1.165, 1.54) is 17.7 Å². The number of pyridine rings is 1. The highest BCUT2D eigenvalue weighted by Crippen LogP contribution is 2.28. The Morgan fingerprint density at radius 3 is 2.93 bits per heavy atom. The minimum absolute atomic E-state index is 0.650. The molecule has 0 radical (unpaired) electrons. The van der Waals surface area contributed by atoms with Crippen LogP contribution in [0.4, 0.5) is 0 Å². The molecule has 76 valence electrons. The van der Waals surface area contributed by atoms with Gasteiger partial charge in [0.2, 0.25) is 0 Å². The summed E-state index contributed by atoms with van der Waals surface area (Å²) in [4.78, 5) is 4.52. The highest BCUT2D eigenvalue weighted by atomic mass is 14.9. The summed E-state index contributed by atoms with van der Waals surface area (Å²) in [6.07, 6.45) is 3.20. The Labute approximate surface area is 85.7 Å². The second-order valence-corrected chi connectivity index (χ2v) is 4.34. The molecule has 1 aromatic rings. The lowest BCUT2D eigenvalue weighted by molar-refractivity contribution is 0.344. The first-order chi connectivity index (χ1) is 6.77. The zero-order chi connectivity index (χ0) is 9.97. The van der Waals surface area contributed by atoms with E-state index in [4.69, 9.17) is 0 Å². The van der Waals surface area contributed by atoms with E-state index in [1.54, 1.807) is 0 Å². The molecule has 2 heteroatoms. The molecule has 0 amide bonds. The number of piperidine rings is 1. The molecule has 14 heavy (non-hydrogen) atoms. The second-order valence-electron chi connectivity index (χ2n) is 4.34. The summed E-state index contributed by atoms with van der Waals surface area (Å²) in [6.45, 7) is 6.64. The summed E-state index contributed by atoms with van der Waals surface area (Å²) in [7, 11) is 0. The van der Waals surface area contributed by atoms with Gasteiger partial charge in [-0.25, -0.2) is 0 Å². The SMILES string of the molecule is Cc1ccc(C2CCNCC2C)nc1. The molecule has 2 rings (SSSR count). The van der Waals surface area contributed by atoms with E-state index in [-0.39, 0.29) is 0 Å². The summed E-state index contributed by atoms with van der Waals surface area (Å²) in [6, 6.07) is 4.35. The molecule has 0 aliphatic carbocycles. The summed E-state index contributed by atoms with van der Waals surface area (Å²) in [5, 5.41) is 3.42. The van der Waals surface area contributed by atoms with E-state index in [1.807, 2.05) is 6.20 Å². The number of aromatic nitrogens is 1. The lowest BCUT2D eigenvalue weighted by Gasteiger charge is -2.29. The van der Waals surface area contributed by atoms with Crippen LogP contribution in [0.2, 0.25) is 0 Å². The van der Waals surface area contributed by atoms with Crippen molar-refractivity contribution in [2.24, 2.45) is 5.92 Å². The van der Waals surface area contributed by atoms with Crippen LogP contribution in [-0.4, -0.2) is 18.1 Å². The van der Waals surface area contributed by atoms with E-state index >= 15 is 0 Å². The van der Waals surface area contributed by atoms with E-state index in [9.17, 15) is 0 Å². The van der Waals surface area contributed by atoms with Gasteiger partial charge in [-0.15, -0.1) is 0 Å². The van der Waals surface area contributed by atoms with Crippen molar-refractivity contribution in [1.29, 1.82) is 0 Å². The van der Waals surface area contributed by atoms with E-state index in [0.717, 1.165) is 13.1 Å². The molecule has 0 saturated carbocycles. The average Bonchev–Trinajstić information content (AvgIpc) is 2.20. The second kappa shape index (κ2) is 4.09. The van der Waals surface area contributed by atoms with Gasteiger partial charge in [-0.05, 0) is 44.0 Å². The minimum atomic E-state index is 0.650. The fraction of sp³-hybridized carbons (Fsp3) is 0.583. The Hall–Kier alpha value is -0.890. The van der Waals surface area contributed by atoms with Crippen molar-refractivity contribution >= 4 is 0 Å². The van der Waals surface area contributed by atoms with Gasteiger partial charge in [0.1, 0.15) is 0 Å². The van der Waals surface area contributed by atoms with Crippen molar-refractivity contribution < 1.29 is 0 Å². The van der Waals surface area contributed by atoms with Crippen LogP contribution in [0.1, 0.15) is 30.5 Å². The largest absolute Gasteiger partial charge is 0.316 e. The summed E-state index contributed by atoms with van der Waals surface area (Å²) >= 11 is 0. The molecular formula is C12H18N2. The molecule has 1 N–H and O–H groups in total. The topological polar surface area (TPSA) is 24.9 Å². The van der Waals surface area contributed by atoms with Crippen LogP contribution in [-0.2, 0) is 0 Å². The first kappa shape index (κ1) is 9.66. The molecule has 1 aliphatic heterocycles. The fourth-order valence-electron chi connectivity index (χ4n) is 2.15. The molecule has 2 heterocycles. The van der Waals surface area contributed by atoms with Gasteiger partial charge in [0, 0.05) is 17.8 Å². The predicted molar refractivity (Wildman–Crippen MR) is 58.4 cm³/mol. The molecule has 2 unspecified atom stereocenters. The quantitative estimate of drug-likeness (QED) is 0.733. The highest BCUT2D eigenvalue weighted by molar-refractivity contribution is 5.16. The number of rotatable bonds is 1. The van der Waals surface area contributed by atoms with Crippen molar-refractivity contribution in [3.8, 4) is 0 Å². The normalized spacial score (nSPS) is 27.6. The van der Waals surface area contributed by atoms with Gasteiger partial charge in [-0.3, -0.25) is 4.98 Å². The Morgan fingerprint density at radius 2 is 2.29 bits per heavy atom. The van der Waals surface area contributed by atoms with Crippen LogP contribution in [0.3, 0.4) is 0 Å². The van der Waals surface area contributed by atoms with Crippen molar-refractivity contribution in [2.75, 3.05) is 13.1 Å². The third kappa shape index (κ3) is 1.95. The molecule has 1 saturated heterocycles. The zero-order valence-corrected chi connectivity index (χ0v) is 8.96. The maximum Gasteiger partial charge on any atom is 0.0438 e. The molecule has 0 aromatic carbocycles. The Kier molecular flexibility index (Phi) is 2.82. The molecule has 1 aliphatic rings. The van der Waals surface area contributed by atoms with Crippen LogP contribution >= 0.6 is 0 Å². The zero-order valence-electron chi connectivity index (χ0n) is 8.96. The summed E-state index contributed by atoms with van der Waals surface area (Å²) in [5.74, 6) is 1.36. The van der Waals surface area contributed by atoms with Gasteiger partial charge in [0.25, 0.3) is 0 Å².